The monoisotopic (exact) mass is 279 g/mol. The van der Waals surface area contributed by atoms with Gasteiger partial charge < -0.3 is 19.9 Å². The SMILES string of the molecule is COc1cc(C(C)NCCO)ccc1OC1CCCC1. The Morgan fingerprint density at radius 2 is 2.05 bits per heavy atom. The van der Waals surface area contributed by atoms with Crippen LogP contribution >= 0.6 is 0 Å². The Labute approximate surface area is 121 Å². The molecule has 2 N–H and O–H groups in total. The summed E-state index contributed by atoms with van der Waals surface area (Å²) < 4.78 is 11.5. The van der Waals surface area contributed by atoms with E-state index in [1.807, 2.05) is 12.1 Å². The van der Waals surface area contributed by atoms with Crippen molar-refractivity contribution in [2.45, 2.75) is 44.8 Å². The average molecular weight is 279 g/mol. The lowest BCUT2D eigenvalue weighted by Gasteiger charge is -2.19. The molecule has 112 valence electrons. The maximum absolute atomic E-state index is 8.86. The second-order valence-corrected chi connectivity index (χ2v) is 5.33. The van der Waals surface area contributed by atoms with Crippen LogP contribution in [0.3, 0.4) is 0 Å². The fourth-order valence-electron chi connectivity index (χ4n) is 2.64. The first-order valence-electron chi connectivity index (χ1n) is 7.43. The van der Waals surface area contributed by atoms with Crippen molar-refractivity contribution >= 4 is 0 Å². The maximum Gasteiger partial charge on any atom is 0.161 e. The van der Waals surface area contributed by atoms with E-state index in [9.17, 15) is 0 Å². The number of ether oxygens (including phenoxy) is 2. The molecule has 1 aromatic carbocycles. The number of hydrogen-bond donors (Lipinski definition) is 2. The minimum Gasteiger partial charge on any atom is -0.493 e. The zero-order chi connectivity index (χ0) is 14.4. The van der Waals surface area contributed by atoms with Crippen LogP contribution in [0.5, 0.6) is 11.5 Å². The van der Waals surface area contributed by atoms with Crippen molar-refractivity contribution in [3.8, 4) is 11.5 Å². The summed E-state index contributed by atoms with van der Waals surface area (Å²) in [5.74, 6) is 1.62. The molecule has 1 saturated carbocycles. The summed E-state index contributed by atoms with van der Waals surface area (Å²) in [6.07, 6.45) is 5.12. The molecule has 0 bridgehead atoms. The van der Waals surface area contributed by atoms with Crippen molar-refractivity contribution in [1.82, 2.24) is 5.32 Å². The summed E-state index contributed by atoms with van der Waals surface area (Å²) in [5, 5.41) is 12.1. The van der Waals surface area contributed by atoms with Crippen molar-refractivity contribution in [3.63, 3.8) is 0 Å². The van der Waals surface area contributed by atoms with Gasteiger partial charge in [-0.3, -0.25) is 0 Å². The summed E-state index contributed by atoms with van der Waals surface area (Å²) in [7, 11) is 1.67. The lowest BCUT2D eigenvalue weighted by atomic mass is 10.1. The van der Waals surface area contributed by atoms with E-state index in [-0.39, 0.29) is 12.6 Å². The van der Waals surface area contributed by atoms with Gasteiger partial charge in [0, 0.05) is 12.6 Å². The normalized spacial score (nSPS) is 17.1. The highest BCUT2D eigenvalue weighted by Gasteiger charge is 2.19. The summed E-state index contributed by atoms with van der Waals surface area (Å²) >= 11 is 0. The van der Waals surface area contributed by atoms with E-state index in [0.29, 0.717) is 12.6 Å². The molecular formula is C16H25NO3. The molecule has 20 heavy (non-hydrogen) atoms. The highest BCUT2D eigenvalue weighted by molar-refractivity contribution is 5.44. The lowest BCUT2D eigenvalue weighted by molar-refractivity contribution is 0.200. The third-order valence-corrected chi connectivity index (χ3v) is 3.85. The summed E-state index contributed by atoms with van der Waals surface area (Å²) in [6, 6.07) is 6.24. The zero-order valence-electron chi connectivity index (χ0n) is 12.4. The lowest BCUT2D eigenvalue weighted by Crippen LogP contribution is -2.22. The molecule has 1 unspecified atom stereocenters. The second kappa shape index (κ2) is 7.50. The Morgan fingerprint density at radius 1 is 1.30 bits per heavy atom. The number of aliphatic hydroxyl groups excluding tert-OH is 1. The van der Waals surface area contributed by atoms with Gasteiger partial charge in [0.25, 0.3) is 0 Å². The Hall–Kier alpha value is -1.26. The first-order valence-corrected chi connectivity index (χ1v) is 7.43. The van der Waals surface area contributed by atoms with Crippen LogP contribution < -0.4 is 14.8 Å². The van der Waals surface area contributed by atoms with E-state index in [4.69, 9.17) is 14.6 Å². The Balaban J connectivity index is 2.06. The molecular weight excluding hydrogens is 254 g/mol. The van der Waals surface area contributed by atoms with Crippen LogP contribution in [-0.4, -0.2) is 31.5 Å². The third-order valence-electron chi connectivity index (χ3n) is 3.85. The van der Waals surface area contributed by atoms with Gasteiger partial charge in [0.1, 0.15) is 0 Å². The van der Waals surface area contributed by atoms with Gasteiger partial charge in [0.15, 0.2) is 11.5 Å². The summed E-state index contributed by atoms with van der Waals surface area (Å²) in [6.45, 7) is 2.80. The van der Waals surface area contributed by atoms with Crippen LogP contribution in [0.15, 0.2) is 18.2 Å². The number of nitrogens with one attached hydrogen (secondary N) is 1. The molecule has 0 saturated heterocycles. The molecule has 0 aliphatic heterocycles. The molecule has 0 radical (unpaired) electrons. The van der Waals surface area contributed by atoms with Crippen LogP contribution in [-0.2, 0) is 0 Å². The highest BCUT2D eigenvalue weighted by atomic mass is 16.5. The van der Waals surface area contributed by atoms with Gasteiger partial charge in [-0.15, -0.1) is 0 Å². The van der Waals surface area contributed by atoms with Gasteiger partial charge in [-0.05, 0) is 50.3 Å². The standard InChI is InChI=1S/C16H25NO3/c1-12(17-9-10-18)13-7-8-15(16(11-13)19-2)20-14-5-3-4-6-14/h7-8,11-12,14,17-18H,3-6,9-10H2,1-2H3. The molecule has 0 aromatic heterocycles. The molecule has 1 aromatic rings. The highest BCUT2D eigenvalue weighted by Crippen LogP contribution is 2.33. The fourth-order valence-corrected chi connectivity index (χ4v) is 2.64. The summed E-state index contributed by atoms with van der Waals surface area (Å²) in [5.41, 5.74) is 1.13. The molecule has 4 heteroatoms. The zero-order valence-corrected chi connectivity index (χ0v) is 12.4. The Morgan fingerprint density at radius 3 is 2.70 bits per heavy atom. The van der Waals surface area contributed by atoms with Crippen molar-refractivity contribution in [2.75, 3.05) is 20.3 Å². The minimum absolute atomic E-state index is 0.143. The van der Waals surface area contributed by atoms with Crippen LogP contribution in [0.25, 0.3) is 0 Å². The van der Waals surface area contributed by atoms with Gasteiger partial charge in [-0.25, -0.2) is 0 Å². The molecule has 2 rings (SSSR count). The van der Waals surface area contributed by atoms with Gasteiger partial charge >= 0.3 is 0 Å². The Kier molecular flexibility index (Phi) is 5.68. The first-order chi connectivity index (χ1) is 9.74. The third kappa shape index (κ3) is 3.87. The molecule has 0 heterocycles. The fraction of sp³-hybridized carbons (Fsp3) is 0.625. The molecule has 0 amide bonds. The number of rotatable bonds is 7. The summed E-state index contributed by atoms with van der Waals surface area (Å²) in [4.78, 5) is 0. The smallest absolute Gasteiger partial charge is 0.161 e. The van der Waals surface area contributed by atoms with Gasteiger partial charge in [0.05, 0.1) is 19.8 Å². The number of aliphatic hydroxyl groups is 1. The second-order valence-electron chi connectivity index (χ2n) is 5.33. The maximum atomic E-state index is 8.86. The molecule has 1 aliphatic rings. The molecule has 1 atom stereocenters. The van der Waals surface area contributed by atoms with E-state index in [1.165, 1.54) is 12.8 Å². The van der Waals surface area contributed by atoms with Crippen LogP contribution in [0.2, 0.25) is 0 Å². The van der Waals surface area contributed by atoms with E-state index in [1.54, 1.807) is 7.11 Å². The Bertz CT molecular complexity index is 416. The molecule has 0 spiro atoms. The quantitative estimate of drug-likeness (QED) is 0.805. The topological polar surface area (TPSA) is 50.7 Å². The number of hydrogen-bond acceptors (Lipinski definition) is 4. The molecule has 4 nitrogen and oxygen atoms in total. The van der Waals surface area contributed by atoms with Gasteiger partial charge in [-0.2, -0.15) is 0 Å². The van der Waals surface area contributed by atoms with Crippen molar-refractivity contribution in [3.05, 3.63) is 23.8 Å². The predicted octanol–water partition coefficient (Wildman–Crippen LogP) is 2.66. The van der Waals surface area contributed by atoms with Gasteiger partial charge in [0.2, 0.25) is 0 Å². The van der Waals surface area contributed by atoms with E-state index in [0.717, 1.165) is 29.9 Å². The molecule has 1 aliphatic carbocycles. The largest absolute Gasteiger partial charge is 0.493 e. The van der Waals surface area contributed by atoms with Crippen LogP contribution in [0, 0.1) is 0 Å². The van der Waals surface area contributed by atoms with Crippen molar-refractivity contribution < 1.29 is 14.6 Å². The number of benzene rings is 1. The van der Waals surface area contributed by atoms with E-state index >= 15 is 0 Å². The van der Waals surface area contributed by atoms with E-state index < -0.39 is 0 Å². The van der Waals surface area contributed by atoms with Gasteiger partial charge in [-0.1, -0.05) is 6.07 Å². The van der Waals surface area contributed by atoms with Crippen LogP contribution in [0.4, 0.5) is 0 Å². The number of methoxy groups -OCH3 is 1. The van der Waals surface area contributed by atoms with Crippen LogP contribution in [0.1, 0.15) is 44.2 Å². The van der Waals surface area contributed by atoms with Crippen molar-refractivity contribution in [1.29, 1.82) is 0 Å². The first kappa shape index (κ1) is 15.1. The predicted molar refractivity (Wildman–Crippen MR) is 79.4 cm³/mol. The van der Waals surface area contributed by atoms with Crippen molar-refractivity contribution in [2.24, 2.45) is 0 Å². The molecule has 1 fully saturated rings. The van der Waals surface area contributed by atoms with E-state index in [2.05, 4.69) is 18.3 Å². The minimum atomic E-state index is 0.143. The average Bonchev–Trinajstić information content (AvgIpc) is 2.98.